The van der Waals surface area contributed by atoms with Crippen LogP contribution in [0.1, 0.15) is 12.0 Å². The van der Waals surface area contributed by atoms with Crippen molar-refractivity contribution in [2.45, 2.75) is 13.3 Å². The molecule has 0 radical (unpaired) electrons. The van der Waals surface area contributed by atoms with E-state index in [4.69, 9.17) is 15.9 Å². The minimum Gasteiger partial charge on any atom is -0.482 e. The number of amides is 1. The van der Waals surface area contributed by atoms with Crippen molar-refractivity contribution in [3.05, 3.63) is 23.8 Å². The third-order valence-electron chi connectivity index (χ3n) is 2.66. The first kappa shape index (κ1) is 14.3. The smallest absolute Gasteiger partial charge is 0.265 e. The summed E-state index contributed by atoms with van der Waals surface area (Å²) in [5.74, 6) is 0.696. The van der Waals surface area contributed by atoms with Gasteiger partial charge in [-0.3, -0.25) is 10.2 Å². The van der Waals surface area contributed by atoms with Gasteiger partial charge in [0, 0.05) is 13.0 Å². The zero-order valence-electron chi connectivity index (χ0n) is 10.1. The van der Waals surface area contributed by atoms with E-state index >= 15 is 0 Å². The predicted octanol–water partition coefficient (Wildman–Crippen LogP) is 1.47. The number of nitrogens with one attached hydrogen (secondary N) is 1. The van der Waals surface area contributed by atoms with E-state index in [1.54, 1.807) is 4.90 Å². The lowest BCUT2D eigenvalue weighted by Crippen LogP contribution is -2.40. The Morgan fingerprint density at radius 1 is 1.56 bits per heavy atom. The van der Waals surface area contributed by atoms with Crippen molar-refractivity contribution >= 4 is 29.8 Å². The van der Waals surface area contributed by atoms with Gasteiger partial charge in [0.15, 0.2) is 6.61 Å². The highest BCUT2D eigenvalue weighted by Gasteiger charge is 2.25. The van der Waals surface area contributed by atoms with E-state index in [0.29, 0.717) is 18.7 Å². The number of hydrogen-bond acceptors (Lipinski definition) is 3. The second-order valence-electron chi connectivity index (χ2n) is 4.08. The van der Waals surface area contributed by atoms with Crippen LogP contribution in [0, 0.1) is 12.3 Å². The number of carbonyl (C=O) groups excluding carboxylic acids is 1. The van der Waals surface area contributed by atoms with Crippen LogP contribution in [-0.4, -0.2) is 24.9 Å². The molecule has 6 heteroatoms. The second kappa shape index (κ2) is 5.73. The first-order valence-corrected chi connectivity index (χ1v) is 5.44. The van der Waals surface area contributed by atoms with Gasteiger partial charge in [-0.2, -0.15) is 0 Å². The van der Waals surface area contributed by atoms with Crippen LogP contribution in [0.15, 0.2) is 18.2 Å². The fourth-order valence-corrected chi connectivity index (χ4v) is 1.79. The molecule has 0 aromatic heterocycles. The lowest BCUT2D eigenvalue weighted by Gasteiger charge is -2.29. The van der Waals surface area contributed by atoms with Crippen molar-refractivity contribution in [3.63, 3.8) is 0 Å². The molecule has 1 heterocycles. The number of amidine groups is 1. The molecule has 0 fully saturated rings. The number of nitrogens with zero attached hydrogens (tertiary/aromatic N) is 1. The van der Waals surface area contributed by atoms with Crippen molar-refractivity contribution < 1.29 is 9.53 Å². The monoisotopic (exact) mass is 269 g/mol. The van der Waals surface area contributed by atoms with Crippen LogP contribution in [0.2, 0.25) is 0 Å². The molecule has 0 saturated carbocycles. The SMILES string of the molecule is Cc1ccc2c(c1)N(CCC(=N)N)C(=O)CO2.Cl. The summed E-state index contributed by atoms with van der Waals surface area (Å²) in [5.41, 5.74) is 7.15. The number of carbonyl (C=O) groups is 1. The molecule has 0 bridgehead atoms. The fourth-order valence-electron chi connectivity index (χ4n) is 1.79. The molecule has 98 valence electrons. The van der Waals surface area contributed by atoms with E-state index < -0.39 is 0 Å². The summed E-state index contributed by atoms with van der Waals surface area (Å²) in [6.45, 7) is 2.43. The summed E-state index contributed by atoms with van der Waals surface area (Å²) in [6, 6.07) is 5.71. The van der Waals surface area contributed by atoms with Crippen LogP contribution < -0.4 is 15.4 Å². The van der Waals surface area contributed by atoms with E-state index in [1.807, 2.05) is 25.1 Å². The Morgan fingerprint density at radius 2 is 2.28 bits per heavy atom. The van der Waals surface area contributed by atoms with Gasteiger partial charge in [0.25, 0.3) is 5.91 Å². The van der Waals surface area contributed by atoms with E-state index in [1.165, 1.54) is 0 Å². The number of aryl methyl sites for hydroxylation is 1. The summed E-state index contributed by atoms with van der Waals surface area (Å²) in [4.78, 5) is 13.4. The minimum atomic E-state index is -0.0932. The normalized spacial score (nSPS) is 13.4. The van der Waals surface area contributed by atoms with Crippen LogP contribution in [-0.2, 0) is 4.79 Å². The average molecular weight is 270 g/mol. The molecule has 18 heavy (non-hydrogen) atoms. The molecule has 1 aliphatic rings. The summed E-state index contributed by atoms with van der Waals surface area (Å²) in [6.07, 6.45) is 0.374. The molecule has 0 saturated heterocycles. The molecule has 0 spiro atoms. The first-order chi connectivity index (χ1) is 8.08. The van der Waals surface area contributed by atoms with Gasteiger partial charge in [-0.25, -0.2) is 0 Å². The highest BCUT2D eigenvalue weighted by molar-refractivity contribution is 5.98. The standard InChI is InChI=1S/C12H15N3O2.ClH/c1-8-2-3-10-9(6-8)15(5-4-11(13)14)12(16)7-17-10;/h2-3,6H,4-5,7H2,1H3,(H3,13,14);1H. The number of nitrogens with two attached hydrogens (primary N) is 1. The number of rotatable bonds is 3. The van der Waals surface area contributed by atoms with E-state index in [2.05, 4.69) is 0 Å². The van der Waals surface area contributed by atoms with Crippen LogP contribution in [0.25, 0.3) is 0 Å². The van der Waals surface area contributed by atoms with Gasteiger partial charge in [-0.15, -0.1) is 12.4 Å². The lowest BCUT2D eigenvalue weighted by molar-refractivity contribution is -0.121. The quantitative estimate of drug-likeness (QED) is 0.644. The molecule has 1 aliphatic heterocycles. The number of anilines is 1. The molecule has 0 unspecified atom stereocenters. The molecule has 1 amide bonds. The third kappa shape index (κ3) is 2.92. The predicted molar refractivity (Wildman–Crippen MR) is 72.8 cm³/mol. The summed E-state index contributed by atoms with van der Waals surface area (Å²) >= 11 is 0. The Bertz CT molecular complexity index is 476. The average Bonchev–Trinajstić information content (AvgIpc) is 2.27. The molecule has 0 aliphatic carbocycles. The van der Waals surface area contributed by atoms with Crippen molar-refractivity contribution in [2.24, 2.45) is 5.73 Å². The minimum absolute atomic E-state index is 0. The zero-order valence-corrected chi connectivity index (χ0v) is 10.9. The van der Waals surface area contributed by atoms with Gasteiger partial charge in [-0.05, 0) is 24.6 Å². The Balaban J connectivity index is 0.00000162. The van der Waals surface area contributed by atoms with Crippen molar-refractivity contribution in [1.82, 2.24) is 0 Å². The van der Waals surface area contributed by atoms with E-state index in [-0.39, 0.29) is 30.8 Å². The first-order valence-electron chi connectivity index (χ1n) is 5.44. The molecule has 0 atom stereocenters. The summed E-state index contributed by atoms with van der Waals surface area (Å²) in [7, 11) is 0. The van der Waals surface area contributed by atoms with Crippen molar-refractivity contribution in [3.8, 4) is 5.75 Å². The molecular formula is C12H16ClN3O2. The Morgan fingerprint density at radius 3 is 2.94 bits per heavy atom. The largest absolute Gasteiger partial charge is 0.482 e. The van der Waals surface area contributed by atoms with Gasteiger partial charge in [-0.1, -0.05) is 6.07 Å². The molecule has 3 N–H and O–H groups in total. The van der Waals surface area contributed by atoms with Crippen LogP contribution in [0.4, 0.5) is 5.69 Å². The van der Waals surface area contributed by atoms with Crippen molar-refractivity contribution in [2.75, 3.05) is 18.1 Å². The van der Waals surface area contributed by atoms with Crippen LogP contribution >= 0.6 is 12.4 Å². The number of fused-ring (bicyclic) bond motifs is 1. The molecular weight excluding hydrogens is 254 g/mol. The lowest BCUT2D eigenvalue weighted by atomic mass is 10.1. The Labute approximate surface area is 112 Å². The Hall–Kier alpha value is -1.75. The molecule has 1 aromatic carbocycles. The van der Waals surface area contributed by atoms with Gasteiger partial charge in [0.05, 0.1) is 11.5 Å². The fraction of sp³-hybridized carbons (Fsp3) is 0.333. The van der Waals surface area contributed by atoms with Gasteiger partial charge >= 0.3 is 0 Å². The molecule has 5 nitrogen and oxygen atoms in total. The van der Waals surface area contributed by atoms with E-state index in [0.717, 1.165) is 11.3 Å². The van der Waals surface area contributed by atoms with Gasteiger partial charge < -0.3 is 15.4 Å². The van der Waals surface area contributed by atoms with E-state index in [9.17, 15) is 4.79 Å². The van der Waals surface area contributed by atoms with Crippen LogP contribution in [0.5, 0.6) is 5.75 Å². The highest BCUT2D eigenvalue weighted by atomic mass is 35.5. The topological polar surface area (TPSA) is 79.4 Å². The van der Waals surface area contributed by atoms with Crippen LogP contribution in [0.3, 0.4) is 0 Å². The number of halogens is 1. The second-order valence-corrected chi connectivity index (χ2v) is 4.08. The number of ether oxygens (including phenoxy) is 1. The zero-order chi connectivity index (χ0) is 12.4. The van der Waals surface area contributed by atoms with Gasteiger partial charge in [0.1, 0.15) is 5.75 Å². The molecule has 2 rings (SSSR count). The third-order valence-corrected chi connectivity index (χ3v) is 2.66. The number of hydrogen-bond donors (Lipinski definition) is 2. The number of benzene rings is 1. The van der Waals surface area contributed by atoms with Gasteiger partial charge in [0.2, 0.25) is 0 Å². The molecule has 1 aromatic rings. The summed E-state index contributed by atoms with van der Waals surface area (Å²) < 4.78 is 5.35. The highest BCUT2D eigenvalue weighted by Crippen LogP contribution is 2.32. The summed E-state index contributed by atoms with van der Waals surface area (Å²) in [5, 5.41) is 7.21. The maximum atomic E-state index is 11.8. The maximum Gasteiger partial charge on any atom is 0.265 e. The Kier molecular flexibility index (Phi) is 4.55. The van der Waals surface area contributed by atoms with Crippen molar-refractivity contribution in [1.29, 1.82) is 5.41 Å². The maximum absolute atomic E-state index is 11.8.